The van der Waals surface area contributed by atoms with Crippen molar-refractivity contribution in [2.45, 2.75) is 0 Å². The number of allylic oxidation sites excluding steroid dienone is 1. The number of aromatic amines is 1. The molecule has 120 valence electrons. The maximum absolute atomic E-state index is 13.9. The normalized spacial score (nSPS) is 11.6. The van der Waals surface area contributed by atoms with Gasteiger partial charge in [-0.25, -0.2) is 9.37 Å². The van der Waals surface area contributed by atoms with Gasteiger partial charge in [0.1, 0.15) is 17.7 Å². The molecule has 1 N–H and O–H groups in total. The third-order valence-electron chi connectivity index (χ3n) is 3.82. The Labute approximate surface area is 147 Å². The summed E-state index contributed by atoms with van der Waals surface area (Å²) in [7, 11) is 0. The highest BCUT2D eigenvalue weighted by Crippen LogP contribution is 2.32. The van der Waals surface area contributed by atoms with Crippen LogP contribution in [-0.2, 0) is 0 Å². The number of benzene rings is 2. The fourth-order valence-corrected chi connectivity index (χ4v) is 3.59. The van der Waals surface area contributed by atoms with E-state index in [4.69, 9.17) is 0 Å². The largest absolute Gasteiger partial charge is 0.337 e. The number of H-pyrrole nitrogens is 1. The van der Waals surface area contributed by atoms with Gasteiger partial charge in [0, 0.05) is 15.3 Å². The van der Waals surface area contributed by atoms with E-state index >= 15 is 0 Å². The predicted molar refractivity (Wildman–Crippen MR) is 99.3 cm³/mol. The zero-order chi connectivity index (χ0) is 17.2. The van der Waals surface area contributed by atoms with Crippen LogP contribution < -0.4 is 0 Å². The predicted octanol–water partition coefficient (Wildman–Crippen LogP) is 5.49. The van der Waals surface area contributed by atoms with Crippen LogP contribution in [0.4, 0.5) is 4.39 Å². The van der Waals surface area contributed by atoms with E-state index in [-0.39, 0.29) is 5.82 Å². The Bertz CT molecular complexity index is 1100. The molecule has 0 saturated carbocycles. The first-order valence-electron chi connectivity index (χ1n) is 7.66. The van der Waals surface area contributed by atoms with E-state index in [2.05, 4.69) is 16.0 Å². The van der Waals surface area contributed by atoms with Gasteiger partial charge in [0.25, 0.3) is 0 Å². The SMILES string of the molecule is N#C/C(=C\c1ccc(-c2ccccc2F)s1)c1nc2ccccc2[nH]1. The summed E-state index contributed by atoms with van der Waals surface area (Å²) >= 11 is 1.44. The molecule has 0 fully saturated rings. The monoisotopic (exact) mass is 345 g/mol. The second-order valence-corrected chi connectivity index (χ2v) is 6.57. The molecule has 2 aromatic carbocycles. The number of rotatable bonds is 3. The van der Waals surface area contributed by atoms with Crippen molar-refractivity contribution >= 4 is 34.0 Å². The second-order valence-electron chi connectivity index (χ2n) is 5.45. The molecule has 0 saturated heterocycles. The number of nitriles is 1. The summed E-state index contributed by atoms with van der Waals surface area (Å²) < 4.78 is 13.9. The molecule has 0 bridgehead atoms. The molecular weight excluding hydrogens is 333 g/mol. The Balaban J connectivity index is 1.72. The number of imidazole rings is 1. The van der Waals surface area contributed by atoms with Gasteiger partial charge in [-0.2, -0.15) is 5.26 Å². The van der Waals surface area contributed by atoms with E-state index in [1.165, 1.54) is 17.4 Å². The molecule has 0 radical (unpaired) electrons. The first-order valence-corrected chi connectivity index (χ1v) is 8.48. The Hall–Kier alpha value is -3.23. The smallest absolute Gasteiger partial charge is 0.149 e. The molecule has 0 aliphatic rings. The summed E-state index contributed by atoms with van der Waals surface area (Å²) in [6.45, 7) is 0. The van der Waals surface area contributed by atoms with Crippen molar-refractivity contribution in [2.75, 3.05) is 0 Å². The lowest BCUT2D eigenvalue weighted by Gasteiger charge is -1.98. The number of hydrogen-bond acceptors (Lipinski definition) is 3. The zero-order valence-corrected chi connectivity index (χ0v) is 13.8. The molecule has 2 heterocycles. The van der Waals surface area contributed by atoms with E-state index in [1.807, 2.05) is 42.5 Å². The van der Waals surface area contributed by atoms with E-state index in [9.17, 15) is 9.65 Å². The molecule has 4 aromatic rings. The second kappa shape index (κ2) is 6.34. The molecular formula is C20H12FN3S. The minimum Gasteiger partial charge on any atom is -0.337 e. The number of hydrogen-bond donors (Lipinski definition) is 1. The van der Waals surface area contributed by atoms with Gasteiger partial charge >= 0.3 is 0 Å². The van der Waals surface area contributed by atoms with Crippen molar-refractivity contribution in [2.24, 2.45) is 0 Å². The van der Waals surface area contributed by atoms with Gasteiger partial charge in [-0.05, 0) is 36.4 Å². The van der Waals surface area contributed by atoms with E-state index in [1.54, 1.807) is 18.2 Å². The molecule has 25 heavy (non-hydrogen) atoms. The Kier molecular flexibility index (Phi) is 3.88. The standard InChI is InChI=1S/C20H12FN3S/c21-16-6-2-1-5-15(16)19-10-9-14(25-19)11-13(12-22)20-23-17-7-3-4-8-18(17)24-20/h1-11H,(H,23,24)/b13-11+. The van der Waals surface area contributed by atoms with Gasteiger partial charge in [0.2, 0.25) is 0 Å². The van der Waals surface area contributed by atoms with Crippen LogP contribution >= 0.6 is 11.3 Å². The topological polar surface area (TPSA) is 52.5 Å². The summed E-state index contributed by atoms with van der Waals surface area (Å²) in [5, 5.41) is 9.50. The minimum atomic E-state index is -0.252. The van der Waals surface area contributed by atoms with Crippen LogP contribution in [0, 0.1) is 17.1 Å². The first-order chi connectivity index (χ1) is 12.2. The van der Waals surface area contributed by atoms with Crippen LogP contribution in [0.25, 0.3) is 33.1 Å². The van der Waals surface area contributed by atoms with Crippen LogP contribution in [0.2, 0.25) is 0 Å². The van der Waals surface area contributed by atoms with E-state index in [0.29, 0.717) is 17.0 Å². The van der Waals surface area contributed by atoms with Crippen molar-refractivity contribution in [1.82, 2.24) is 9.97 Å². The molecule has 2 aromatic heterocycles. The number of nitrogens with one attached hydrogen (secondary N) is 1. The van der Waals surface area contributed by atoms with Crippen LogP contribution in [0.1, 0.15) is 10.7 Å². The summed E-state index contributed by atoms with van der Waals surface area (Å²) in [6.07, 6.45) is 1.77. The van der Waals surface area contributed by atoms with Crippen LogP contribution in [-0.4, -0.2) is 9.97 Å². The van der Waals surface area contributed by atoms with Gasteiger partial charge in [-0.15, -0.1) is 11.3 Å². The van der Waals surface area contributed by atoms with Gasteiger partial charge < -0.3 is 4.98 Å². The first kappa shape index (κ1) is 15.3. The number of nitrogens with zero attached hydrogens (tertiary/aromatic N) is 2. The number of para-hydroxylation sites is 2. The molecule has 0 amide bonds. The third-order valence-corrected chi connectivity index (χ3v) is 4.88. The summed E-state index contributed by atoms with van der Waals surface area (Å²) in [6, 6.07) is 20.2. The van der Waals surface area contributed by atoms with Crippen LogP contribution in [0.5, 0.6) is 0 Å². The fraction of sp³-hybridized carbons (Fsp3) is 0. The van der Waals surface area contributed by atoms with Crippen molar-refractivity contribution in [3.05, 3.63) is 77.2 Å². The number of halogens is 1. The summed E-state index contributed by atoms with van der Waals surface area (Å²) in [4.78, 5) is 9.31. The average Bonchev–Trinajstić information content (AvgIpc) is 3.26. The van der Waals surface area contributed by atoms with Gasteiger partial charge in [-0.3, -0.25) is 0 Å². The molecule has 0 unspecified atom stereocenters. The lowest BCUT2D eigenvalue weighted by Crippen LogP contribution is -1.83. The van der Waals surface area contributed by atoms with Gasteiger partial charge in [0.05, 0.1) is 16.6 Å². The number of thiophene rings is 1. The summed E-state index contributed by atoms with van der Waals surface area (Å²) in [5.74, 6) is 0.280. The molecule has 0 aliphatic heterocycles. The Morgan fingerprint density at radius 2 is 1.88 bits per heavy atom. The van der Waals surface area contributed by atoms with Crippen molar-refractivity contribution in [3.8, 4) is 16.5 Å². The lowest BCUT2D eigenvalue weighted by molar-refractivity contribution is 0.631. The van der Waals surface area contributed by atoms with Gasteiger partial charge in [-0.1, -0.05) is 30.3 Å². The maximum Gasteiger partial charge on any atom is 0.149 e. The zero-order valence-electron chi connectivity index (χ0n) is 13.0. The quantitative estimate of drug-likeness (QED) is 0.499. The highest BCUT2D eigenvalue weighted by atomic mass is 32.1. The van der Waals surface area contributed by atoms with Crippen molar-refractivity contribution < 1.29 is 4.39 Å². The Morgan fingerprint density at radius 1 is 1.08 bits per heavy atom. The van der Waals surface area contributed by atoms with Crippen LogP contribution in [0.3, 0.4) is 0 Å². The molecule has 0 spiro atoms. The van der Waals surface area contributed by atoms with Crippen molar-refractivity contribution in [3.63, 3.8) is 0 Å². The molecule has 0 atom stereocenters. The fourth-order valence-electron chi connectivity index (χ4n) is 2.61. The highest BCUT2D eigenvalue weighted by Gasteiger charge is 2.10. The third kappa shape index (κ3) is 2.95. The lowest BCUT2D eigenvalue weighted by atomic mass is 10.2. The Morgan fingerprint density at radius 3 is 2.68 bits per heavy atom. The number of fused-ring (bicyclic) bond motifs is 1. The van der Waals surface area contributed by atoms with E-state index < -0.39 is 0 Å². The van der Waals surface area contributed by atoms with E-state index in [0.717, 1.165) is 20.8 Å². The molecule has 4 rings (SSSR count). The number of aromatic nitrogens is 2. The molecule has 0 aliphatic carbocycles. The maximum atomic E-state index is 13.9. The van der Waals surface area contributed by atoms with Gasteiger partial charge in [0.15, 0.2) is 0 Å². The molecule has 5 heteroatoms. The summed E-state index contributed by atoms with van der Waals surface area (Å²) in [5.41, 5.74) is 2.71. The van der Waals surface area contributed by atoms with Crippen molar-refractivity contribution in [1.29, 1.82) is 5.26 Å². The molecule has 3 nitrogen and oxygen atoms in total. The van der Waals surface area contributed by atoms with Crippen LogP contribution in [0.15, 0.2) is 60.7 Å². The average molecular weight is 345 g/mol. The minimum absolute atomic E-state index is 0.252. The highest BCUT2D eigenvalue weighted by molar-refractivity contribution is 7.16.